The van der Waals surface area contributed by atoms with E-state index >= 15 is 0 Å². The van der Waals surface area contributed by atoms with Gasteiger partial charge in [0.25, 0.3) is 0 Å². The van der Waals surface area contributed by atoms with Crippen LogP contribution in [0.2, 0.25) is 5.02 Å². The number of hydrogen-bond acceptors (Lipinski definition) is 3. The highest BCUT2D eigenvalue weighted by molar-refractivity contribution is 6.31. The molecule has 0 spiro atoms. The Balaban J connectivity index is 2.54. The van der Waals surface area contributed by atoms with Crippen molar-refractivity contribution in [2.75, 3.05) is 17.6 Å². The molecule has 1 rings (SSSR count). The van der Waals surface area contributed by atoms with Crippen molar-refractivity contribution in [1.29, 1.82) is 0 Å². The lowest BCUT2D eigenvalue weighted by Gasteiger charge is -2.09. The predicted molar refractivity (Wildman–Crippen MR) is 62.7 cm³/mol. The third-order valence-electron chi connectivity index (χ3n) is 2.01. The standard InChI is InChI=1S/C10H13ClFN3O/c11-6-4-8(13)9(5-7(6)12)15-3-1-2-10(14)16/h4-5,15H,1-3,13H2,(H2,14,16). The topological polar surface area (TPSA) is 81.1 Å². The summed E-state index contributed by atoms with van der Waals surface area (Å²) in [5, 5.41) is 2.89. The van der Waals surface area contributed by atoms with Crippen LogP contribution in [0.1, 0.15) is 12.8 Å². The summed E-state index contributed by atoms with van der Waals surface area (Å²) in [6, 6.07) is 2.56. The van der Waals surface area contributed by atoms with E-state index in [2.05, 4.69) is 5.32 Å². The number of nitrogen functional groups attached to an aromatic ring is 1. The minimum atomic E-state index is -0.534. The molecule has 0 saturated heterocycles. The highest BCUT2D eigenvalue weighted by Crippen LogP contribution is 2.25. The quantitative estimate of drug-likeness (QED) is 0.546. The van der Waals surface area contributed by atoms with Crippen molar-refractivity contribution in [1.82, 2.24) is 0 Å². The molecular formula is C10H13ClFN3O. The number of anilines is 2. The van der Waals surface area contributed by atoms with Crippen LogP contribution in [-0.4, -0.2) is 12.5 Å². The number of carbonyl (C=O) groups is 1. The van der Waals surface area contributed by atoms with Crippen LogP contribution >= 0.6 is 11.6 Å². The first-order valence-corrected chi connectivity index (χ1v) is 5.15. The van der Waals surface area contributed by atoms with E-state index in [9.17, 15) is 9.18 Å². The van der Waals surface area contributed by atoms with Crippen LogP contribution in [0.5, 0.6) is 0 Å². The fraction of sp³-hybridized carbons (Fsp3) is 0.300. The monoisotopic (exact) mass is 245 g/mol. The Morgan fingerprint density at radius 3 is 2.81 bits per heavy atom. The molecule has 0 heterocycles. The average molecular weight is 246 g/mol. The maximum Gasteiger partial charge on any atom is 0.217 e. The molecule has 0 aliphatic rings. The van der Waals surface area contributed by atoms with E-state index in [0.717, 1.165) is 0 Å². The summed E-state index contributed by atoms with van der Waals surface area (Å²) in [7, 11) is 0. The summed E-state index contributed by atoms with van der Waals surface area (Å²) in [6.45, 7) is 0.494. The zero-order valence-electron chi connectivity index (χ0n) is 8.59. The summed E-state index contributed by atoms with van der Waals surface area (Å²) in [4.78, 5) is 10.5. The highest BCUT2D eigenvalue weighted by Gasteiger charge is 2.05. The van der Waals surface area contributed by atoms with Gasteiger partial charge in [-0.25, -0.2) is 4.39 Å². The molecule has 0 saturated carbocycles. The van der Waals surface area contributed by atoms with E-state index in [1.807, 2.05) is 0 Å². The molecule has 1 amide bonds. The number of benzene rings is 1. The predicted octanol–water partition coefficient (Wildman–Crippen LogP) is 1.74. The van der Waals surface area contributed by atoms with E-state index in [1.165, 1.54) is 12.1 Å². The average Bonchev–Trinajstić information content (AvgIpc) is 2.19. The van der Waals surface area contributed by atoms with Gasteiger partial charge in [0.05, 0.1) is 16.4 Å². The van der Waals surface area contributed by atoms with Crippen molar-refractivity contribution in [3.63, 3.8) is 0 Å². The second-order valence-corrected chi connectivity index (χ2v) is 3.76. The number of rotatable bonds is 5. The lowest BCUT2D eigenvalue weighted by molar-refractivity contribution is -0.118. The molecule has 16 heavy (non-hydrogen) atoms. The molecule has 1 aromatic rings. The summed E-state index contributed by atoms with van der Waals surface area (Å²) < 4.78 is 13.1. The van der Waals surface area contributed by atoms with Crippen LogP contribution in [0, 0.1) is 5.82 Å². The van der Waals surface area contributed by atoms with Crippen LogP contribution in [-0.2, 0) is 4.79 Å². The Hall–Kier alpha value is -1.49. The Bertz CT molecular complexity index is 398. The Kier molecular flexibility index (Phi) is 4.37. The van der Waals surface area contributed by atoms with Gasteiger partial charge in [0.2, 0.25) is 5.91 Å². The molecule has 0 aliphatic heterocycles. The molecule has 88 valence electrons. The first kappa shape index (κ1) is 12.6. The van der Waals surface area contributed by atoms with Gasteiger partial charge >= 0.3 is 0 Å². The van der Waals surface area contributed by atoms with Crippen molar-refractivity contribution < 1.29 is 9.18 Å². The molecule has 0 bridgehead atoms. The number of primary amides is 1. The molecule has 0 aromatic heterocycles. The molecule has 0 aliphatic carbocycles. The Labute approximate surface area is 97.8 Å². The Morgan fingerprint density at radius 2 is 2.19 bits per heavy atom. The third-order valence-corrected chi connectivity index (χ3v) is 2.30. The van der Waals surface area contributed by atoms with Gasteiger partial charge in [-0.1, -0.05) is 11.6 Å². The zero-order chi connectivity index (χ0) is 12.1. The maximum absolute atomic E-state index is 13.1. The fourth-order valence-corrected chi connectivity index (χ4v) is 1.37. The molecule has 0 radical (unpaired) electrons. The van der Waals surface area contributed by atoms with Crippen LogP contribution in [0.4, 0.5) is 15.8 Å². The minimum Gasteiger partial charge on any atom is -0.397 e. The second kappa shape index (κ2) is 5.55. The molecule has 0 fully saturated rings. The number of halogens is 2. The smallest absolute Gasteiger partial charge is 0.217 e. The number of carbonyl (C=O) groups excluding carboxylic acids is 1. The van der Waals surface area contributed by atoms with Gasteiger partial charge in [0, 0.05) is 19.0 Å². The highest BCUT2D eigenvalue weighted by atomic mass is 35.5. The Morgan fingerprint density at radius 1 is 1.50 bits per heavy atom. The van der Waals surface area contributed by atoms with E-state index < -0.39 is 5.82 Å². The summed E-state index contributed by atoms with van der Waals surface area (Å²) in [5.41, 5.74) is 11.4. The first-order valence-electron chi connectivity index (χ1n) is 4.77. The third kappa shape index (κ3) is 3.58. The number of nitrogens with two attached hydrogens (primary N) is 2. The van der Waals surface area contributed by atoms with Gasteiger partial charge in [-0.3, -0.25) is 4.79 Å². The lowest BCUT2D eigenvalue weighted by atomic mass is 10.2. The van der Waals surface area contributed by atoms with Crippen molar-refractivity contribution in [3.05, 3.63) is 23.0 Å². The van der Waals surface area contributed by atoms with Crippen molar-refractivity contribution in [2.45, 2.75) is 12.8 Å². The van der Waals surface area contributed by atoms with Gasteiger partial charge in [0.1, 0.15) is 5.82 Å². The van der Waals surface area contributed by atoms with Crippen LogP contribution in [0.25, 0.3) is 0 Å². The molecule has 1 aromatic carbocycles. The van der Waals surface area contributed by atoms with Crippen LogP contribution in [0.3, 0.4) is 0 Å². The normalized spacial score (nSPS) is 10.1. The second-order valence-electron chi connectivity index (χ2n) is 3.35. The number of amides is 1. The van der Waals surface area contributed by atoms with Gasteiger partial charge in [0.15, 0.2) is 0 Å². The van der Waals surface area contributed by atoms with Gasteiger partial charge in [-0.15, -0.1) is 0 Å². The van der Waals surface area contributed by atoms with Crippen molar-refractivity contribution >= 4 is 28.9 Å². The van der Waals surface area contributed by atoms with Gasteiger partial charge < -0.3 is 16.8 Å². The molecule has 0 atom stereocenters. The SMILES string of the molecule is NC(=O)CCCNc1cc(F)c(Cl)cc1N. The summed E-state index contributed by atoms with van der Waals surface area (Å²) >= 11 is 5.54. The van der Waals surface area contributed by atoms with Gasteiger partial charge in [-0.2, -0.15) is 0 Å². The molecular weight excluding hydrogens is 233 g/mol. The van der Waals surface area contributed by atoms with Gasteiger partial charge in [-0.05, 0) is 12.5 Å². The van der Waals surface area contributed by atoms with Crippen LogP contribution < -0.4 is 16.8 Å². The van der Waals surface area contributed by atoms with Crippen LogP contribution in [0.15, 0.2) is 12.1 Å². The van der Waals surface area contributed by atoms with E-state index in [0.29, 0.717) is 24.3 Å². The minimum absolute atomic E-state index is 0.0137. The fourth-order valence-electron chi connectivity index (χ4n) is 1.20. The zero-order valence-corrected chi connectivity index (χ0v) is 9.35. The number of nitrogens with one attached hydrogen (secondary N) is 1. The lowest BCUT2D eigenvalue weighted by Crippen LogP contribution is -2.13. The molecule has 5 N–H and O–H groups in total. The van der Waals surface area contributed by atoms with E-state index in [-0.39, 0.29) is 17.4 Å². The summed E-state index contributed by atoms with van der Waals surface area (Å²) in [6.07, 6.45) is 0.849. The molecule has 6 heteroatoms. The first-order chi connectivity index (χ1) is 7.50. The molecule has 0 unspecified atom stereocenters. The largest absolute Gasteiger partial charge is 0.397 e. The number of hydrogen-bond donors (Lipinski definition) is 3. The molecule has 4 nitrogen and oxygen atoms in total. The van der Waals surface area contributed by atoms with E-state index in [4.69, 9.17) is 23.1 Å². The summed E-state index contributed by atoms with van der Waals surface area (Å²) in [5.74, 6) is -0.898. The van der Waals surface area contributed by atoms with E-state index in [1.54, 1.807) is 0 Å². The van der Waals surface area contributed by atoms with Crippen molar-refractivity contribution in [2.24, 2.45) is 5.73 Å². The van der Waals surface area contributed by atoms with Crippen molar-refractivity contribution in [3.8, 4) is 0 Å². The maximum atomic E-state index is 13.1.